The highest BCUT2D eigenvalue weighted by Gasteiger charge is 2.35. The van der Waals surface area contributed by atoms with Crippen molar-refractivity contribution >= 4 is 5.69 Å². The van der Waals surface area contributed by atoms with E-state index >= 15 is 0 Å². The molecule has 3 nitrogen and oxygen atoms in total. The molecule has 3 saturated heterocycles. The summed E-state index contributed by atoms with van der Waals surface area (Å²) in [5.41, 5.74) is 2.92. The maximum absolute atomic E-state index is 3.54. The van der Waals surface area contributed by atoms with E-state index in [9.17, 15) is 0 Å². The van der Waals surface area contributed by atoms with Crippen molar-refractivity contribution in [3.63, 3.8) is 0 Å². The molecular weight excluding hydrogens is 318 g/mol. The first-order chi connectivity index (χ1) is 12.8. The molecule has 3 fully saturated rings. The van der Waals surface area contributed by atoms with Crippen molar-refractivity contribution in [2.24, 2.45) is 5.92 Å². The topological polar surface area (TPSA) is 18.5 Å². The number of anilines is 1. The van der Waals surface area contributed by atoms with E-state index in [1.165, 1.54) is 89.7 Å². The van der Waals surface area contributed by atoms with Crippen molar-refractivity contribution < 1.29 is 0 Å². The highest BCUT2D eigenvalue weighted by Crippen LogP contribution is 2.40. The molecule has 0 amide bonds. The highest BCUT2D eigenvalue weighted by molar-refractivity contribution is 5.47. The molecule has 0 spiro atoms. The maximum Gasteiger partial charge on any atom is 0.0363 e. The Bertz CT molecular complexity index is 549. The number of hydrogen-bond acceptors (Lipinski definition) is 3. The van der Waals surface area contributed by atoms with Crippen LogP contribution in [0.25, 0.3) is 0 Å². The molecule has 0 aromatic heterocycles. The molecule has 3 atom stereocenters. The van der Waals surface area contributed by atoms with Crippen LogP contribution in [0.3, 0.4) is 0 Å². The minimum absolute atomic E-state index is 0.679. The Hall–Kier alpha value is -1.06. The Morgan fingerprint density at radius 2 is 1.92 bits per heavy atom. The van der Waals surface area contributed by atoms with E-state index in [2.05, 4.69) is 46.4 Å². The normalized spacial score (nSPS) is 29.5. The molecule has 0 radical (unpaired) electrons. The van der Waals surface area contributed by atoms with Gasteiger partial charge in [0, 0.05) is 31.4 Å². The van der Waals surface area contributed by atoms with Gasteiger partial charge >= 0.3 is 0 Å². The Balaban J connectivity index is 1.28. The monoisotopic (exact) mass is 355 g/mol. The zero-order valence-electron chi connectivity index (χ0n) is 16.6. The first-order valence-electron chi connectivity index (χ1n) is 11.1. The van der Waals surface area contributed by atoms with E-state index in [0.29, 0.717) is 6.04 Å². The Labute approximate surface area is 160 Å². The summed E-state index contributed by atoms with van der Waals surface area (Å²) in [6, 6.07) is 11.1. The second-order valence-electron chi connectivity index (χ2n) is 8.85. The molecule has 0 bridgehead atoms. The molecule has 26 heavy (non-hydrogen) atoms. The molecule has 0 aliphatic carbocycles. The first kappa shape index (κ1) is 18.3. The Morgan fingerprint density at radius 3 is 2.73 bits per heavy atom. The second-order valence-corrected chi connectivity index (χ2v) is 8.85. The van der Waals surface area contributed by atoms with Gasteiger partial charge in [0.2, 0.25) is 0 Å². The van der Waals surface area contributed by atoms with Crippen molar-refractivity contribution in [3.05, 3.63) is 29.8 Å². The van der Waals surface area contributed by atoms with Gasteiger partial charge in [-0.25, -0.2) is 0 Å². The van der Waals surface area contributed by atoms with Crippen LogP contribution in [0.4, 0.5) is 5.69 Å². The molecule has 144 valence electrons. The average molecular weight is 356 g/mol. The predicted octanol–water partition coefficient (Wildman–Crippen LogP) is 4.59. The lowest BCUT2D eigenvalue weighted by Gasteiger charge is -2.34. The largest absolute Gasteiger partial charge is 0.375 e. The van der Waals surface area contributed by atoms with Gasteiger partial charge in [-0.15, -0.1) is 0 Å². The summed E-state index contributed by atoms with van der Waals surface area (Å²) in [4.78, 5) is 5.23. The van der Waals surface area contributed by atoms with Crippen LogP contribution in [0.2, 0.25) is 0 Å². The zero-order valence-corrected chi connectivity index (χ0v) is 16.6. The van der Waals surface area contributed by atoms with Crippen LogP contribution in [0, 0.1) is 5.92 Å². The molecule has 3 heteroatoms. The zero-order chi connectivity index (χ0) is 17.8. The quantitative estimate of drug-likeness (QED) is 0.805. The SMILES string of the molecule is CN(CCCC1CCCNC1)c1ccc([C@H]2CC[C@H]3CCCCN32)cc1. The summed E-state index contributed by atoms with van der Waals surface area (Å²) in [6.45, 7) is 4.94. The van der Waals surface area contributed by atoms with Crippen LogP contribution >= 0.6 is 0 Å². The lowest BCUT2D eigenvalue weighted by Crippen LogP contribution is -2.35. The third-order valence-electron chi connectivity index (χ3n) is 7.07. The van der Waals surface area contributed by atoms with Crippen molar-refractivity contribution in [3.8, 4) is 0 Å². The molecule has 3 aliphatic heterocycles. The number of piperidine rings is 2. The number of nitrogens with one attached hydrogen (secondary N) is 1. The van der Waals surface area contributed by atoms with Gasteiger partial charge in [-0.2, -0.15) is 0 Å². The minimum atomic E-state index is 0.679. The van der Waals surface area contributed by atoms with Gasteiger partial charge in [0.1, 0.15) is 0 Å². The highest BCUT2D eigenvalue weighted by atomic mass is 15.2. The van der Waals surface area contributed by atoms with Crippen molar-refractivity contribution in [1.29, 1.82) is 0 Å². The molecule has 4 rings (SSSR count). The second kappa shape index (κ2) is 8.75. The van der Waals surface area contributed by atoms with Gasteiger partial charge in [0.25, 0.3) is 0 Å². The molecule has 3 aliphatic rings. The molecule has 0 saturated carbocycles. The van der Waals surface area contributed by atoms with E-state index in [1.54, 1.807) is 5.56 Å². The fraction of sp³-hybridized carbons (Fsp3) is 0.739. The molecule has 1 aromatic rings. The number of rotatable bonds is 6. The summed E-state index contributed by atoms with van der Waals surface area (Å²) in [5, 5.41) is 3.54. The number of nitrogens with zero attached hydrogens (tertiary/aromatic N) is 2. The van der Waals surface area contributed by atoms with Crippen LogP contribution < -0.4 is 10.2 Å². The lowest BCUT2D eigenvalue weighted by atomic mass is 9.94. The Kier molecular flexibility index (Phi) is 6.16. The third-order valence-corrected chi connectivity index (χ3v) is 7.07. The van der Waals surface area contributed by atoms with Crippen LogP contribution in [-0.4, -0.2) is 44.2 Å². The molecule has 1 unspecified atom stereocenters. The summed E-state index contributed by atoms with van der Waals surface area (Å²) in [6.07, 6.45) is 12.5. The summed E-state index contributed by atoms with van der Waals surface area (Å²) in [5.74, 6) is 0.902. The maximum atomic E-state index is 3.54. The van der Waals surface area contributed by atoms with E-state index in [1.807, 2.05) is 0 Å². The van der Waals surface area contributed by atoms with Gasteiger partial charge in [-0.05, 0) is 94.6 Å². The third kappa shape index (κ3) is 4.26. The van der Waals surface area contributed by atoms with E-state index in [-0.39, 0.29) is 0 Å². The molecular formula is C23H37N3. The van der Waals surface area contributed by atoms with Gasteiger partial charge in [0.15, 0.2) is 0 Å². The van der Waals surface area contributed by atoms with Crippen LogP contribution in [0.5, 0.6) is 0 Å². The molecule has 1 N–H and O–H groups in total. The van der Waals surface area contributed by atoms with Crippen molar-refractivity contribution in [2.75, 3.05) is 38.1 Å². The predicted molar refractivity (Wildman–Crippen MR) is 111 cm³/mol. The van der Waals surface area contributed by atoms with E-state index in [0.717, 1.165) is 12.0 Å². The fourth-order valence-corrected chi connectivity index (χ4v) is 5.49. The number of hydrogen-bond donors (Lipinski definition) is 1. The molecule has 1 aromatic carbocycles. The van der Waals surface area contributed by atoms with Gasteiger partial charge in [-0.3, -0.25) is 4.90 Å². The summed E-state index contributed by atoms with van der Waals surface area (Å²) in [7, 11) is 2.25. The van der Waals surface area contributed by atoms with Crippen LogP contribution in [0.1, 0.15) is 69.4 Å². The van der Waals surface area contributed by atoms with Crippen LogP contribution in [-0.2, 0) is 0 Å². The van der Waals surface area contributed by atoms with Crippen LogP contribution in [0.15, 0.2) is 24.3 Å². The Morgan fingerprint density at radius 1 is 1.04 bits per heavy atom. The van der Waals surface area contributed by atoms with Crippen molar-refractivity contribution in [2.45, 2.75) is 69.9 Å². The summed E-state index contributed by atoms with van der Waals surface area (Å²) >= 11 is 0. The standard InChI is InChI=1S/C23H37N3/c1-25(16-5-7-19-6-4-15-24-18-19)21-11-9-20(10-12-21)23-14-13-22-8-2-3-17-26(22)23/h9-12,19,22-24H,2-8,13-18H2,1H3/t19?,22-,23-/m1/s1. The van der Waals surface area contributed by atoms with E-state index < -0.39 is 0 Å². The smallest absolute Gasteiger partial charge is 0.0363 e. The molecule has 3 heterocycles. The van der Waals surface area contributed by atoms with Gasteiger partial charge < -0.3 is 10.2 Å². The van der Waals surface area contributed by atoms with E-state index in [4.69, 9.17) is 0 Å². The first-order valence-corrected chi connectivity index (χ1v) is 11.1. The minimum Gasteiger partial charge on any atom is -0.375 e. The summed E-state index contributed by atoms with van der Waals surface area (Å²) < 4.78 is 0. The van der Waals surface area contributed by atoms with Gasteiger partial charge in [-0.1, -0.05) is 18.6 Å². The average Bonchev–Trinajstić information content (AvgIpc) is 3.13. The van der Waals surface area contributed by atoms with Crippen molar-refractivity contribution in [1.82, 2.24) is 10.2 Å². The number of fused-ring (bicyclic) bond motifs is 1. The number of benzene rings is 1. The fourth-order valence-electron chi connectivity index (χ4n) is 5.49. The lowest BCUT2D eigenvalue weighted by molar-refractivity contribution is 0.150. The van der Waals surface area contributed by atoms with Gasteiger partial charge in [0.05, 0.1) is 0 Å².